The molecule has 0 unspecified atom stereocenters. The summed E-state index contributed by atoms with van der Waals surface area (Å²) in [5, 5.41) is 27.5. The fourth-order valence-electron chi connectivity index (χ4n) is 4.30. The van der Waals surface area contributed by atoms with Gasteiger partial charge in [-0.3, -0.25) is 20.5 Å². The summed E-state index contributed by atoms with van der Waals surface area (Å²) in [6, 6.07) is 21.2. The van der Waals surface area contributed by atoms with E-state index in [4.69, 9.17) is 14.5 Å². The van der Waals surface area contributed by atoms with Crippen molar-refractivity contribution in [2.45, 2.75) is 6.42 Å². The largest absolute Gasteiger partial charge is 0.497 e. The maximum atomic E-state index is 12.0. The van der Waals surface area contributed by atoms with Crippen LogP contribution in [0.4, 0.5) is 16.5 Å². The number of nitro benzene ring substituents is 1. The molecular formula is C29H27N7O6S. The molecule has 0 radical (unpaired) electrons. The van der Waals surface area contributed by atoms with E-state index in [1.54, 1.807) is 20.3 Å². The van der Waals surface area contributed by atoms with Crippen LogP contribution in [0.5, 0.6) is 5.75 Å². The number of benzene rings is 3. The Labute approximate surface area is 250 Å². The third kappa shape index (κ3) is 6.78. The molecule has 13 nitrogen and oxygen atoms in total. The molecule has 0 fully saturated rings. The minimum Gasteiger partial charge on any atom is -0.497 e. The number of hydrogen-bond donors (Lipinski definition) is 4. The predicted octanol–water partition coefficient (Wildman–Crippen LogP) is 4.81. The van der Waals surface area contributed by atoms with Crippen LogP contribution in [-0.4, -0.2) is 47.5 Å². The lowest BCUT2D eigenvalue weighted by atomic mass is 10.1. The van der Waals surface area contributed by atoms with E-state index in [0.29, 0.717) is 23.2 Å². The van der Waals surface area contributed by atoms with Crippen LogP contribution in [-0.2, 0) is 16.0 Å². The van der Waals surface area contributed by atoms with Gasteiger partial charge in [0, 0.05) is 36.9 Å². The Morgan fingerprint density at radius 3 is 2.49 bits per heavy atom. The first-order valence-electron chi connectivity index (χ1n) is 12.9. The third-order valence-corrected chi connectivity index (χ3v) is 7.41. The number of ether oxygens (including phenoxy) is 2. The second kappa shape index (κ2) is 13.1. The molecule has 14 heteroatoms. The summed E-state index contributed by atoms with van der Waals surface area (Å²) in [4.78, 5) is 28.4. The molecule has 0 aliphatic carbocycles. The number of aromatic nitrogens is 1. The third-order valence-electron chi connectivity index (χ3n) is 6.40. The minimum atomic E-state index is -1.30. The Morgan fingerprint density at radius 2 is 1.81 bits per heavy atom. The zero-order valence-electron chi connectivity index (χ0n) is 23.1. The van der Waals surface area contributed by atoms with E-state index < -0.39 is 10.9 Å². The fourth-order valence-corrected chi connectivity index (χ4v) is 5.23. The molecule has 4 N–H and O–H groups in total. The first-order valence-corrected chi connectivity index (χ1v) is 13.7. The summed E-state index contributed by atoms with van der Waals surface area (Å²) < 4.78 is 10.5. The molecule has 1 aromatic heterocycles. The number of anilines is 2. The van der Waals surface area contributed by atoms with E-state index >= 15 is 0 Å². The van der Waals surface area contributed by atoms with Gasteiger partial charge in [0.25, 0.3) is 5.69 Å². The summed E-state index contributed by atoms with van der Waals surface area (Å²) in [5.74, 6) is -0.609. The predicted molar refractivity (Wildman–Crippen MR) is 164 cm³/mol. The van der Waals surface area contributed by atoms with Crippen LogP contribution in [0.2, 0.25) is 0 Å². The second-order valence-corrected chi connectivity index (χ2v) is 10.2. The first kappa shape index (κ1) is 29.2. The van der Waals surface area contributed by atoms with Crippen molar-refractivity contribution >= 4 is 39.5 Å². The molecule has 2 heterocycles. The molecular weight excluding hydrogens is 574 g/mol. The van der Waals surface area contributed by atoms with E-state index in [0.717, 1.165) is 27.4 Å². The molecule has 220 valence electrons. The summed E-state index contributed by atoms with van der Waals surface area (Å²) >= 11 is 1.30. The van der Waals surface area contributed by atoms with E-state index in [9.17, 15) is 20.0 Å². The van der Waals surface area contributed by atoms with E-state index in [1.807, 2.05) is 59.7 Å². The van der Waals surface area contributed by atoms with Gasteiger partial charge in [-0.1, -0.05) is 41.7 Å². The molecule has 5 rings (SSSR count). The number of methoxy groups -OCH3 is 2. The zero-order chi connectivity index (χ0) is 30.3. The molecule has 3 aromatic carbocycles. The lowest BCUT2D eigenvalue weighted by Crippen LogP contribution is -2.36. The maximum Gasteiger partial charge on any atom is 0.352 e. The van der Waals surface area contributed by atoms with Gasteiger partial charge in [-0.05, 0) is 42.0 Å². The number of carbonyl (C=O) groups is 1. The molecule has 1 aliphatic rings. The summed E-state index contributed by atoms with van der Waals surface area (Å²) in [5.41, 5.74) is 12.8. The molecule has 4 aromatic rings. The highest BCUT2D eigenvalue weighted by Crippen LogP contribution is 2.40. The van der Waals surface area contributed by atoms with Crippen LogP contribution in [0.15, 0.2) is 89.8 Å². The number of rotatable bonds is 12. The highest BCUT2D eigenvalue weighted by molar-refractivity contribution is 7.19. The SMILES string of the molecule is COCC1=CN(c2ccc(-c3sc(NN=C(Cc4ccccc4[N+](=O)[O-])C(=O)O)nc3-c3ccc(OC)cc3)cc2)NN1. The van der Waals surface area contributed by atoms with Gasteiger partial charge in [0.05, 0.1) is 40.6 Å². The zero-order valence-corrected chi connectivity index (χ0v) is 23.9. The highest BCUT2D eigenvalue weighted by Gasteiger charge is 2.20. The van der Waals surface area contributed by atoms with Crippen LogP contribution < -0.4 is 26.1 Å². The lowest BCUT2D eigenvalue weighted by Gasteiger charge is -2.15. The Bertz CT molecular complexity index is 1690. The summed E-state index contributed by atoms with van der Waals surface area (Å²) in [7, 11) is 3.22. The normalized spacial score (nSPS) is 12.9. The topological polar surface area (TPSA) is 163 Å². The molecule has 0 amide bonds. The average molecular weight is 602 g/mol. The van der Waals surface area contributed by atoms with Gasteiger partial charge in [0.2, 0.25) is 5.13 Å². The molecule has 0 bridgehead atoms. The number of nitrogens with zero attached hydrogens (tertiary/aromatic N) is 4. The monoisotopic (exact) mass is 601 g/mol. The number of nitro groups is 1. The van der Waals surface area contributed by atoms with Crippen molar-refractivity contribution in [3.63, 3.8) is 0 Å². The van der Waals surface area contributed by atoms with Crippen molar-refractivity contribution in [3.8, 4) is 27.4 Å². The van der Waals surface area contributed by atoms with Crippen molar-refractivity contribution in [2.24, 2.45) is 5.10 Å². The van der Waals surface area contributed by atoms with Gasteiger partial charge in [0.15, 0.2) is 0 Å². The van der Waals surface area contributed by atoms with Crippen LogP contribution in [0.1, 0.15) is 5.56 Å². The van der Waals surface area contributed by atoms with E-state index in [1.165, 1.54) is 29.5 Å². The van der Waals surface area contributed by atoms with Gasteiger partial charge in [0.1, 0.15) is 11.5 Å². The van der Waals surface area contributed by atoms with E-state index in [-0.39, 0.29) is 23.4 Å². The summed E-state index contributed by atoms with van der Waals surface area (Å²) in [6.07, 6.45) is 1.66. The number of hydrazone groups is 1. The second-order valence-electron chi connectivity index (χ2n) is 9.20. The molecule has 0 saturated carbocycles. The first-order chi connectivity index (χ1) is 20.9. The van der Waals surface area contributed by atoms with Crippen molar-refractivity contribution in [3.05, 3.63) is 100 Å². The molecule has 0 saturated heterocycles. The van der Waals surface area contributed by atoms with Crippen LogP contribution in [0.25, 0.3) is 21.7 Å². The quantitative estimate of drug-likeness (QED) is 0.100. The number of para-hydroxylation sites is 1. The Balaban J connectivity index is 1.46. The van der Waals surface area contributed by atoms with E-state index in [2.05, 4.69) is 21.5 Å². The number of hydrogen-bond acceptors (Lipinski definition) is 12. The average Bonchev–Trinajstić information content (AvgIpc) is 3.67. The number of carboxylic acids is 1. The Hall–Kier alpha value is -5.31. The van der Waals surface area contributed by atoms with Gasteiger partial charge in [-0.15, -0.1) is 5.53 Å². The lowest BCUT2D eigenvalue weighted by molar-refractivity contribution is -0.385. The van der Waals surface area contributed by atoms with Crippen molar-refractivity contribution in [1.82, 2.24) is 15.9 Å². The number of carboxylic acid groups (broad SMARTS) is 1. The van der Waals surface area contributed by atoms with Crippen LogP contribution in [0, 0.1) is 10.1 Å². The van der Waals surface area contributed by atoms with Crippen molar-refractivity contribution in [2.75, 3.05) is 31.3 Å². The Morgan fingerprint density at radius 1 is 1.09 bits per heavy atom. The van der Waals surface area contributed by atoms with Crippen LogP contribution in [0.3, 0.4) is 0 Å². The maximum absolute atomic E-state index is 12.0. The van der Waals surface area contributed by atoms with Crippen molar-refractivity contribution in [1.29, 1.82) is 0 Å². The summed E-state index contributed by atoms with van der Waals surface area (Å²) in [6.45, 7) is 0.442. The molecule has 43 heavy (non-hydrogen) atoms. The van der Waals surface area contributed by atoms with Crippen LogP contribution >= 0.6 is 11.3 Å². The van der Waals surface area contributed by atoms with Gasteiger partial charge >= 0.3 is 5.97 Å². The number of aliphatic carboxylic acids is 1. The Kier molecular flexibility index (Phi) is 8.90. The van der Waals surface area contributed by atoms with Crippen molar-refractivity contribution < 1.29 is 24.3 Å². The van der Waals surface area contributed by atoms with Gasteiger partial charge < -0.3 is 20.0 Å². The number of thiazole rings is 1. The fraction of sp³-hybridized carbons (Fsp3) is 0.138. The molecule has 0 atom stereocenters. The number of nitrogens with one attached hydrogen (secondary N) is 3. The highest BCUT2D eigenvalue weighted by atomic mass is 32.1. The number of hydrazine groups is 2. The molecule has 1 aliphatic heterocycles. The minimum absolute atomic E-state index is 0.177. The molecule has 0 spiro atoms. The van der Waals surface area contributed by atoms with Gasteiger partial charge in [-0.2, -0.15) is 5.10 Å². The smallest absolute Gasteiger partial charge is 0.352 e. The van der Waals surface area contributed by atoms with Gasteiger partial charge in [-0.25, -0.2) is 9.78 Å². The standard InChI is InChI=1S/C29H27N7O6S/c1-41-17-21-16-35(34-31-21)22-11-7-19(8-12-22)27-26(18-9-13-23(42-2)14-10-18)30-29(43-27)33-32-24(28(37)38)15-20-5-3-4-6-25(20)36(39)40/h3-14,16,31,34H,15,17H2,1-2H3,(H,30,33)(H,37,38).